The summed E-state index contributed by atoms with van der Waals surface area (Å²) in [5.41, 5.74) is 1.05. The van der Waals surface area contributed by atoms with Gasteiger partial charge in [-0.15, -0.1) is 0 Å². The molecule has 3 aliphatic rings. The first-order chi connectivity index (χ1) is 18.5. The zero-order valence-corrected chi connectivity index (χ0v) is 22.3. The van der Waals surface area contributed by atoms with Gasteiger partial charge in [-0.3, -0.25) is 9.78 Å². The van der Waals surface area contributed by atoms with Crippen molar-refractivity contribution in [2.24, 2.45) is 29.6 Å². The van der Waals surface area contributed by atoms with Gasteiger partial charge < -0.3 is 15.0 Å². The number of ether oxygens (including phenoxy) is 1. The van der Waals surface area contributed by atoms with Crippen molar-refractivity contribution in [1.29, 1.82) is 0 Å². The molecule has 0 radical (unpaired) electrons. The average molecular weight is 542 g/mol. The molecule has 6 nitrogen and oxygen atoms in total. The van der Waals surface area contributed by atoms with Gasteiger partial charge in [0.15, 0.2) is 0 Å². The fourth-order valence-electron chi connectivity index (χ4n) is 6.64. The Morgan fingerprint density at radius 1 is 1.21 bits per heavy atom. The van der Waals surface area contributed by atoms with Crippen molar-refractivity contribution in [3.63, 3.8) is 0 Å². The molecule has 2 amide bonds. The van der Waals surface area contributed by atoms with E-state index in [1.165, 1.54) is 6.07 Å². The quantitative estimate of drug-likeness (QED) is 0.480. The minimum atomic E-state index is -4.40. The number of nitrogens with zero attached hydrogens (tertiary/aromatic N) is 2. The first-order valence-electron chi connectivity index (χ1n) is 13.6. The highest BCUT2D eigenvalue weighted by Gasteiger charge is 2.54. The highest BCUT2D eigenvalue weighted by atomic mass is 19.4. The molecule has 1 aromatic carbocycles. The van der Waals surface area contributed by atoms with Gasteiger partial charge in [0.05, 0.1) is 17.2 Å². The lowest BCUT2D eigenvalue weighted by Crippen LogP contribution is -2.54. The van der Waals surface area contributed by atoms with Gasteiger partial charge in [0.25, 0.3) is 0 Å². The molecule has 1 N–H and O–H groups in total. The molecule has 9 heteroatoms. The van der Waals surface area contributed by atoms with Gasteiger partial charge in [-0.1, -0.05) is 24.3 Å². The summed E-state index contributed by atoms with van der Waals surface area (Å²) < 4.78 is 45.0. The largest absolute Gasteiger partial charge is 0.462 e. The third-order valence-corrected chi connectivity index (χ3v) is 8.40. The summed E-state index contributed by atoms with van der Waals surface area (Å²) in [6, 6.07) is 8.76. The molecule has 5 rings (SSSR count). The second-order valence-electron chi connectivity index (χ2n) is 11.3. The van der Waals surface area contributed by atoms with E-state index in [-0.39, 0.29) is 47.8 Å². The number of nitrogens with one attached hydrogen (secondary N) is 1. The zero-order chi connectivity index (χ0) is 27.9. The number of cyclic esters (lactones) is 1. The van der Waals surface area contributed by atoms with Crippen LogP contribution in [0.2, 0.25) is 0 Å². The number of alkyl halides is 3. The number of esters is 1. The number of carbonyl (C=O) groups is 2. The first-order valence-corrected chi connectivity index (χ1v) is 13.6. The van der Waals surface area contributed by atoms with Crippen molar-refractivity contribution in [3.8, 4) is 11.1 Å². The predicted octanol–water partition coefficient (Wildman–Crippen LogP) is 6.03. The van der Waals surface area contributed by atoms with Crippen LogP contribution in [-0.2, 0) is 15.7 Å². The van der Waals surface area contributed by atoms with Crippen molar-refractivity contribution in [2.75, 3.05) is 13.1 Å². The summed E-state index contributed by atoms with van der Waals surface area (Å²) in [6.07, 6.45) is 2.62. The number of piperidine rings is 1. The lowest BCUT2D eigenvalue weighted by Gasteiger charge is -2.48. The summed E-state index contributed by atoms with van der Waals surface area (Å²) in [7, 11) is 0. The van der Waals surface area contributed by atoms with Crippen LogP contribution in [0.15, 0.2) is 48.7 Å². The number of likely N-dealkylation sites (tertiary alicyclic amines) is 1. The molecule has 39 heavy (non-hydrogen) atoms. The van der Waals surface area contributed by atoms with Crippen LogP contribution in [0.1, 0.15) is 44.9 Å². The molecule has 1 aromatic heterocycles. The number of hydrogen-bond acceptors (Lipinski definition) is 4. The number of carbonyl (C=O) groups excluding carboxylic acids is 2. The molecular formula is C30H34F3N3O3. The number of hydrogen-bond donors (Lipinski definition) is 1. The molecule has 1 aliphatic carbocycles. The minimum absolute atomic E-state index is 0.0553. The highest BCUT2D eigenvalue weighted by Crippen LogP contribution is 2.51. The Hall–Kier alpha value is -3.36. The molecule has 6 unspecified atom stereocenters. The maximum atomic E-state index is 13.1. The molecule has 0 spiro atoms. The molecule has 2 aromatic rings. The van der Waals surface area contributed by atoms with Gasteiger partial charge in [0.2, 0.25) is 0 Å². The lowest BCUT2D eigenvalue weighted by atomic mass is 9.59. The predicted molar refractivity (Wildman–Crippen MR) is 141 cm³/mol. The summed E-state index contributed by atoms with van der Waals surface area (Å²) in [4.78, 5) is 31.7. The third kappa shape index (κ3) is 5.68. The fourth-order valence-corrected chi connectivity index (χ4v) is 6.64. The van der Waals surface area contributed by atoms with Gasteiger partial charge in [0, 0.05) is 36.8 Å². The van der Waals surface area contributed by atoms with Crippen LogP contribution >= 0.6 is 0 Å². The third-order valence-electron chi connectivity index (χ3n) is 8.40. The Labute approximate surface area is 226 Å². The van der Waals surface area contributed by atoms with E-state index < -0.39 is 11.7 Å². The molecule has 3 heterocycles. The van der Waals surface area contributed by atoms with E-state index in [2.05, 4.69) is 16.4 Å². The number of aromatic nitrogens is 1. The maximum absolute atomic E-state index is 13.1. The van der Waals surface area contributed by atoms with Gasteiger partial charge >= 0.3 is 18.2 Å². The Kier molecular flexibility index (Phi) is 7.44. The molecule has 3 fully saturated rings. The van der Waals surface area contributed by atoms with Crippen molar-refractivity contribution >= 4 is 18.1 Å². The van der Waals surface area contributed by atoms with E-state index >= 15 is 0 Å². The molecule has 2 saturated heterocycles. The fraction of sp³-hybridized carbons (Fsp3) is 0.500. The van der Waals surface area contributed by atoms with Crippen molar-refractivity contribution in [1.82, 2.24) is 15.2 Å². The normalized spacial score (nSPS) is 28.8. The van der Waals surface area contributed by atoms with Gasteiger partial charge in [0.1, 0.15) is 6.10 Å². The van der Waals surface area contributed by atoms with Crippen molar-refractivity contribution < 1.29 is 27.5 Å². The second-order valence-corrected chi connectivity index (χ2v) is 11.3. The smallest absolute Gasteiger partial charge is 0.416 e. The number of rotatable bonds is 4. The summed E-state index contributed by atoms with van der Waals surface area (Å²) >= 11 is 0. The highest BCUT2D eigenvalue weighted by molar-refractivity contribution is 5.76. The van der Waals surface area contributed by atoms with Crippen LogP contribution in [0.3, 0.4) is 0 Å². The number of allylic oxidation sites excluding steroid dienone is 1. The number of amides is 2. The Morgan fingerprint density at radius 3 is 2.69 bits per heavy atom. The molecule has 1 saturated carbocycles. The Balaban J connectivity index is 1.35. The molecule has 2 aliphatic heterocycles. The van der Waals surface area contributed by atoms with Crippen LogP contribution in [-0.4, -0.2) is 47.1 Å². The Bertz CT molecular complexity index is 1240. The average Bonchev–Trinajstić information content (AvgIpc) is 3.18. The monoisotopic (exact) mass is 541 g/mol. The van der Waals surface area contributed by atoms with E-state index in [4.69, 9.17) is 4.74 Å². The summed E-state index contributed by atoms with van der Waals surface area (Å²) in [5, 5.41) is 2.97. The first kappa shape index (κ1) is 27.2. The van der Waals surface area contributed by atoms with E-state index in [0.29, 0.717) is 35.8 Å². The number of fused-ring (bicyclic) bond motifs is 2. The van der Waals surface area contributed by atoms with Crippen LogP contribution < -0.4 is 5.32 Å². The maximum Gasteiger partial charge on any atom is 0.416 e. The number of urea groups is 1. The molecule has 208 valence electrons. The van der Waals surface area contributed by atoms with Gasteiger partial charge in [-0.2, -0.15) is 13.2 Å². The number of pyridine rings is 1. The topological polar surface area (TPSA) is 71.5 Å². The summed E-state index contributed by atoms with van der Waals surface area (Å²) in [6.45, 7) is 7.10. The van der Waals surface area contributed by atoms with E-state index in [9.17, 15) is 22.8 Å². The molecule has 0 bridgehead atoms. The summed E-state index contributed by atoms with van der Waals surface area (Å²) in [5.74, 6) is 0.316. The van der Waals surface area contributed by atoms with Crippen molar-refractivity contribution in [3.05, 3.63) is 59.9 Å². The minimum Gasteiger partial charge on any atom is -0.462 e. The number of benzene rings is 1. The second kappa shape index (κ2) is 10.7. The van der Waals surface area contributed by atoms with Crippen molar-refractivity contribution in [2.45, 2.75) is 51.9 Å². The van der Waals surface area contributed by atoms with Crippen LogP contribution in [0.4, 0.5) is 18.0 Å². The van der Waals surface area contributed by atoms with Gasteiger partial charge in [-0.05, 0) is 81.2 Å². The van der Waals surface area contributed by atoms with Crippen LogP contribution in [0.5, 0.6) is 0 Å². The van der Waals surface area contributed by atoms with Crippen LogP contribution in [0.25, 0.3) is 17.2 Å². The standard InChI is InChI=1S/C30H34F3N3O3/c1-17(2)35-29(38)36-12-11-24-21(16-36)14-26-27(18(3)39-28(26)37)25(24)10-9-23-8-7-20(15-34-23)19-5-4-6-22(13-19)30(31,32)33/h4-10,13,15,17-18,21,24-27H,11-12,14,16H2,1-3H3,(H,35,38)/b10-9+. The van der Waals surface area contributed by atoms with E-state index in [1.54, 1.807) is 24.4 Å². The molecular weight excluding hydrogens is 507 g/mol. The van der Waals surface area contributed by atoms with E-state index in [0.717, 1.165) is 25.0 Å². The lowest BCUT2D eigenvalue weighted by molar-refractivity contribution is -0.144. The van der Waals surface area contributed by atoms with E-state index in [1.807, 2.05) is 31.7 Å². The zero-order valence-electron chi connectivity index (χ0n) is 22.3. The Morgan fingerprint density at radius 2 is 2.00 bits per heavy atom. The molecule has 6 atom stereocenters. The van der Waals surface area contributed by atoms with Crippen LogP contribution in [0, 0.1) is 29.6 Å². The SMILES string of the molecule is CC(C)NC(=O)N1CCC2C(CC3C(=O)OC(C)C3C2/C=C/c2ccc(-c3cccc(C(F)(F)F)c3)cn2)C1. The van der Waals surface area contributed by atoms with Gasteiger partial charge in [-0.25, -0.2) is 4.79 Å². The number of halogens is 3.